The Morgan fingerprint density at radius 3 is 2.89 bits per heavy atom. The number of aromatic nitrogens is 2. The molecule has 1 radical (unpaired) electrons. The first-order valence-corrected chi connectivity index (χ1v) is 2.23. The SMILES string of the molecule is O=C(O)c1[c]nncc1. The van der Waals surface area contributed by atoms with Gasteiger partial charge in [-0.25, -0.2) is 4.79 Å². The molecule has 0 fully saturated rings. The Bertz CT molecular complexity index is 209. The summed E-state index contributed by atoms with van der Waals surface area (Å²) in [6.07, 6.45) is 3.51. The molecule has 0 saturated carbocycles. The molecular weight excluding hydrogens is 120 g/mol. The maximum Gasteiger partial charge on any atom is 0.338 e. The topological polar surface area (TPSA) is 63.1 Å². The van der Waals surface area contributed by atoms with Gasteiger partial charge in [-0.2, -0.15) is 5.10 Å². The Morgan fingerprint density at radius 2 is 2.56 bits per heavy atom. The van der Waals surface area contributed by atoms with Crippen LogP contribution >= 0.6 is 0 Å². The summed E-state index contributed by atoms with van der Waals surface area (Å²) >= 11 is 0. The Labute approximate surface area is 51.2 Å². The molecule has 1 rings (SSSR count). The van der Waals surface area contributed by atoms with Crippen molar-refractivity contribution in [3.8, 4) is 0 Å². The van der Waals surface area contributed by atoms with Gasteiger partial charge in [-0.1, -0.05) is 0 Å². The monoisotopic (exact) mass is 123 g/mol. The van der Waals surface area contributed by atoms with Crippen LogP contribution in [-0.4, -0.2) is 21.3 Å². The Hall–Kier alpha value is -1.45. The number of carboxylic acid groups (broad SMARTS) is 1. The predicted octanol–water partition coefficient (Wildman–Crippen LogP) is -0.0250. The van der Waals surface area contributed by atoms with Crippen LogP contribution in [0.1, 0.15) is 10.4 Å². The van der Waals surface area contributed by atoms with Gasteiger partial charge in [0.05, 0.1) is 11.8 Å². The fourth-order valence-electron chi connectivity index (χ4n) is 0.380. The van der Waals surface area contributed by atoms with Crippen molar-refractivity contribution in [2.45, 2.75) is 0 Å². The van der Waals surface area contributed by atoms with Crippen molar-refractivity contribution < 1.29 is 9.90 Å². The molecule has 0 aliphatic carbocycles. The van der Waals surface area contributed by atoms with Gasteiger partial charge in [-0.3, -0.25) is 0 Å². The minimum Gasteiger partial charge on any atom is -0.478 e. The molecule has 0 spiro atoms. The van der Waals surface area contributed by atoms with E-state index in [0.29, 0.717) is 0 Å². The van der Waals surface area contributed by atoms with E-state index in [-0.39, 0.29) is 5.56 Å². The lowest BCUT2D eigenvalue weighted by Crippen LogP contribution is -1.97. The van der Waals surface area contributed by atoms with Gasteiger partial charge in [0.15, 0.2) is 0 Å². The normalized spacial score (nSPS) is 8.89. The van der Waals surface area contributed by atoms with E-state index in [2.05, 4.69) is 16.4 Å². The predicted molar refractivity (Wildman–Crippen MR) is 27.8 cm³/mol. The van der Waals surface area contributed by atoms with Gasteiger partial charge >= 0.3 is 5.97 Å². The first-order chi connectivity index (χ1) is 4.30. The van der Waals surface area contributed by atoms with Crippen LogP contribution in [0.5, 0.6) is 0 Å². The average Bonchev–Trinajstić information content (AvgIpc) is 1.90. The van der Waals surface area contributed by atoms with Crippen LogP contribution in [0.2, 0.25) is 0 Å². The van der Waals surface area contributed by atoms with Crippen molar-refractivity contribution >= 4 is 5.97 Å². The van der Waals surface area contributed by atoms with E-state index in [9.17, 15) is 4.79 Å². The number of hydrogen-bond donors (Lipinski definition) is 1. The number of nitrogens with zero attached hydrogens (tertiary/aromatic N) is 2. The molecule has 4 heteroatoms. The molecule has 0 saturated heterocycles. The summed E-state index contributed by atoms with van der Waals surface area (Å²) in [5.41, 5.74) is 0.0324. The molecule has 0 aliphatic rings. The Kier molecular flexibility index (Phi) is 1.40. The lowest BCUT2D eigenvalue weighted by atomic mass is 10.3. The molecule has 0 amide bonds. The third-order valence-electron chi connectivity index (χ3n) is 0.766. The van der Waals surface area contributed by atoms with Crippen molar-refractivity contribution in [1.29, 1.82) is 0 Å². The standard InChI is InChI=1S/C5H3N2O2/c8-5(9)4-1-2-6-7-3-4/h1-2H,(H,8,9). The second kappa shape index (κ2) is 2.21. The van der Waals surface area contributed by atoms with Gasteiger partial charge in [-0.05, 0) is 6.07 Å². The third kappa shape index (κ3) is 1.22. The summed E-state index contributed by atoms with van der Waals surface area (Å²) in [5, 5.41) is 14.9. The van der Waals surface area contributed by atoms with Gasteiger partial charge in [0.1, 0.15) is 6.20 Å². The highest BCUT2D eigenvalue weighted by Crippen LogP contribution is 1.89. The van der Waals surface area contributed by atoms with E-state index in [1.807, 2.05) is 0 Å². The molecule has 4 nitrogen and oxygen atoms in total. The molecular formula is C5H3N2O2. The van der Waals surface area contributed by atoms with Gasteiger partial charge in [-0.15, -0.1) is 5.10 Å². The maximum absolute atomic E-state index is 10.1. The molecule has 45 valence electrons. The highest BCUT2D eigenvalue weighted by molar-refractivity contribution is 5.86. The second-order valence-electron chi connectivity index (χ2n) is 1.36. The highest BCUT2D eigenvalue weighted by atomic mass is 16.4. The van der Waals surface area contributed by atoms with Crippen LogP contribution in [0.4, 0.5) is 0 Å². The summed E-state index contributed by atoms with van der Waals surface area (Å²) in [6, 6.07) is 1.33. The van der Waals surface area contributed by atoms with Gasteiger partial charge < -0.3 is 5.11 Å². The van der Waals surface area contributed by atoms with E-state index in [0.717, 1.165) is 0 Å². The van der Waals surface area contributed by atoms with E-state index in [1.165, 1.54) is 12.3 Å². The fourth-order valence-corrected chi connectivity index (χ4v) is 0.380. The van der Waals surface area contributed by atoms with Crippen molar-refractivity contribution in [2.24, 2.45) is 0 Å². The average molecular weight is 123 g/mol. The zero-order valence-electron chi connectivity index (χ0n) is 4.40. The van der Waals surface area contributed by atoms with Crippen LogP contribution in [0.25, 0.3) is 0 Å². The van der Waals surface area contributed by atoms with Gasteiger partial charge in [0.25, 0.3) is 0 Å². The molecule has 1 aromatic heterocycles. The Balaban J connectivity index is 2.98. The maximum atomic E-state index is 10.1. The van der Waals surface area contributed by atoms with Gasteiger partial charge in [0.2, 0.25) is 0 Å². The summed E-state index contributed by atoms with van der Waals surface area (Å²) < 4.78 is 0. The van der Waals surface area contributed by atoms with Gasteiger partial charge in [0, 0.05) is 0 Å². The molecule has 9 heavy (non-hydrogen) atoms. The van der Waals surface area contributed by atoms with Crippen molar-refractivity contribution in [3.05, 3.63) is 24.0 Å². The quantitative estimate of drug-likeness (QED) is 0.569. The zero-order chi connectivity index (χ0) is 6.69. The zero-order valence-corrected chi connectivity index (χ0v) is 4.40. The van der Waals surface area contributed by atoms with Crippen molar-refractivity contribution in [1.82, 2.24) is 10.2 Å². The lowest BCUT2D eigenvalue weighted by Gasteiger charge is -1.85. The molecule has 1 heterocycles. The van der Waals surface area contributed by atoms with Crippen LogP contribution in [0.15, 0.2) is 12.3 Å². The van der Waals surface area contributed by atoms with E-state index < -0.39 is 5.97 Å². The summed E-state index contributed by atoms with van der Waals surface area (Å²) in [6.45, 7) is 0. The highest BCUT2D eigenvalue weighted by Gasteiger charge is 1.99. The molecule has 0 bridgehead atoms. The molecule has 1 aromatic rings. The first-order valence-electron chi connectivity index (χ1n) is 2.23. The first kappa shape index (κ1) is 5.68. The number of rotatable bonds is 1. The van der Waals surface area contributed by atoms with Crippen LogP contribution in [0, 0.1) is 6.20 Å². The van der Waals surface area contributed by atoms with Crippen LogP contribution in [0.3, 0.4) is 0 Å². The largest absolute Gasteiger partial charge is 0.478 e. The van der Waals surface area contributed by atoms with Crippen molar-refractivity contribution in [2.75, 3.05) is 0 Å². The molecule has 0 aliphatic heterocycles. The summed E-state index contributed by atoms with van der Waals surface area (Å²) in [4.78, 5) is 10.1. The minimum absolute atomic E-state index is 0.0324. The smallest absolute Gasteiger partial charge is 0.338 e. The van der Waals surface area contributed by atoms with Crippen LogP contribution < -0.4 is 0 Å². The minimum atomic E-state index is -1.04. The summed E-state index contributed by atoms with van der Waals surface area (Å²) in [5.74, 6) is -1.04. The number of aromatic carboxylic acids is 1. The number of carbonyl (C=O) groups is 1. The summed E-state index contributed by atoms with van der Waals surface area (Å²) in [7, 11) is 0. The molecule has 0 atom stereocenters. The number of hydrogen-bond acceptors (Lipinski definition) is 3. The van der Waals surface area contributed by atoms with E-state index >= 15 is 0 Å². The van der Waals surface area contributed by atoms with Crippen LogP contribution in [-0.2, 0) is 0 Å². The molecule has 1 N–H and O–H groups in total. The third-order valence-corrected chi connectivity index (χ3v) is 0.766. The lowest BCUT2D eigenvalue weighted by molar-refractivity contribution is 0.0696. The number of carboxylic acids is 1. The fraction of sp³-hybridized carbons (Fsp3) is 0. The van der Waals surface area contributed by atoms with Crippen molar-refractivity contribution in [3.63, 3.8) is 0 Å². The molecule has 0 unspecified atom stereocenters. The van der Waals surface area contributed by atoms with E-state index in [4.69, 9.17) is 5.11 Å². The van der Waals surface area contributed by atoms with E-state index in [1.54, 1.807) is 0 Å². The second-order valence-corrected chi connectivity index (χ2v) is 1.36. The Morgan fingerprint density at radius 1 is 1.78 bits per heavy atom. The molecule has 0 aromatic carbocycles.